The van der Waals surface area contributed by atoms with Gasteiger partial charge in [-0.3, -0.25) is 14.9 Å². The molecule has 1 atom stereocenters. The molecule has 0 aromatic heterocycles. The first kappa shape index (κ1) is 12.3. The molecule has 1 amide bonds. The van der Waals surface area contributed by atoms with Gasteiger partial charge >= 0.3 is 0 Å². The van der Waals surface area contributed by atoms with Crippen LogP contribution in [0, 0.1) is 10.1 Å². The van der Waals surface area contributed by atoms with Crippen molar-refractivity contribution < 1.29 is 14.5 Å². The molecule has 0 aliphatic carbocycles. The topological polar surface area (TPSA) is 107 Å². The number of carbonyl (C=O) groups excluding carboxylic acids is 1. The third kappa shape index (κ3) is 2.57. The number of hydrogen-bond donors (Lipinski definition) is 2. The molecule has 96 valence electrons. The van der Waals surface area contributed by atoms with Crippen LogP contribution < -0.4 is 11.1 Å². The van der Waals surface area contributed by atoms with Gasteiger partial charge in [-0.2, -0.15) is 0 Å². The normalized spacial score (nSPS) is 18.6. The number of ether oxygens (including phenoxy) is 1. The first-order valence-corrected chi connectivity index (χ1v) is 5.50. The summed E-state index contributed by atoms with van der Waals surface area (Å²) in [5.41, 5.74) is 5.47. The number of nitro groups is 1. The SMILES string of the molecule is Nc1ccc(C(=O)NC2CCOC2)cc1[N+](=O)[O-]. The van der Waals surface area contributed by atoms with Crippen molar-refractivity contribution in [3.63, 3.8) is 0 Å². The summed E-state index contributed by atoms with van der Waals surface area (Å²) in [6, 6.07) is 3.97. The summed E-state index contributed by atoms with van der Waals surface area (Å²) >= 11 is 0. The van der Waals surface area contributed by atoms with Crippen LogP contribution >= 0.6 is 0 Å². The Labute approximate surface area is 103 Å². The lowest BCUT2D eigenvalue weighted by Gasteiger charge is -2.10. The van der Waals surface area contributed by atoms with Crippen molar-refractivity contribution >= 4 is 17.3 Å². The minimum absolute atomic E-state index is 0.0332. The van der Waals surface area contributed by atoms with Crippen LogP contribution in [0.3, 0.4) is 0 Å². The zero-order chi connectivity index (χ0) is 13.1. The molecule has 1 saturated heterocycles. The van der Waals surface area contributed by atoms with Crippen LogP contribution in [-0.2, 0) is 4.74 Å². The number of benzene rings is 1. The Balaban J connectivity index is 2.14. The maximum Gasteiger partial charge on any atom is 0.292 e. The average Bonchev–Trinajstić information content (AvgIpc) is 2.81. The van der Waals surface area contributed by atoms with Crippen molar-refractivity contribution in [3.05, 3.63) is 33.9 Å². The summed E-state index contributed by atoms with van der Waals surface area (Å²) in [6.45, 7) is 1.09. The van der Waals surface area contributed by atoms with Crippen molar-refractivity contribution in [1.29, 1.82) is 0 Å². The maximum absolute atomic E-state index is 11.9. The standard InChI is InChI=1S/C11H13N3O4/c12-9-2-1-7(5-10(9)14(16)17)11(15)13-8-3-4-18-6-8/h1-2,5,8H,3-4,6,12H2,(H,13,15). The van der Waals surface area contributed by atoms with Gasteiger partial charge in [-0.1, -0.05) is 0 Å². The van der Waals surface area contributed by atoms with Gasteiger partial charge in [-0.15, -0.1) is 0 Å². The third-order valence-corrected chi connectivity index (χ3v) is 2.75. The molecule has 0 spiro atoms. The van der Waals surface area contributed by atoms with E-state index in [1.807, 2.05) is 0 Å². The molecule has 1 aliphatic heterocycles. The van der Waals surface area contributed by atoms with Gasteiger partial charge < -0.3 is 15.8 Å². The molecule has 1 heterocycles. The fourth-order valence-corrected chi connectivity index (χ4v) is 1.76. The number of nitrogens with two attached hydrogens (primary N) is 1. The molecule has 2 rings (SSSR count). The number of nitro benzene ring substituents is 1. The van der Waals surface area contributed by atoms with E-state index in [2.05, 4.69) is 5.32 Å². The van der Waals surface area contributed by atoms with E-state index in [-0.39, 0.29) is 28.9 Å². The van der Waals surface area contributed by atoms with Crippen molar-refractivity contribution in [1.82, 2.24) is 5.32 Å². The van der Waals surface area contributed by atoms with E-state index in [9.17, 15) is 14.9 Å². The zero-order valence-electron chi connectivity index (χ0n) is 9.59. The van der Waals surface area contributed by atoms with Crippen LogP contribution in [0.5, 0.6) is 0 Å². The number of nitrogens with one attached hydrogen (secondary N) is 1. The van der Waals surface area contributed by atoms with Gasteiger partial charge in [0.1, 0.15) is 5.69 Å². The third-order valence-electron chi connectivity index (χ3n) is 2.75. The number of rotatable bonds is 3. The molecular weight excluding hydrogens is 238 g/mol. The van der Waals surface area contributed by atoms with Crippen molar-refractivity contribution in [3.8, 4) is 0 Å². The monoisotopic (exact) mass is 251 g/mol. The number of nitrogens with zero attached hydrogens (tertiary/aromatic N) is 1. The fourth-order valence-electron chi connectivity index (χ4n) is 1.76. The van der Waals surface area contributed by atoms with Gasteiger partial charge in [0.05, 0.1) is 17.6 Å². The molecule has 3 N–H and O–H groups in total. The van der Waals surface area contributed by atoms with E-state index in [1.165, 1.54) is 18.2 Å². The summed E-state index contributed by atoms with van der Waals surface area (Å²) in [7, 11) is 0. The van der Waals surface area contributed by atoms with Crippen LogP contribution in [0.15, 0.2) is 18.2 Å². The molecule has 7 heteroatoms. The number of hydrogen-bond acceptors (Lipinski definition) is 5. The van der Waals surface area contributed by atoms with Crippen molar-refractivity contribution in [2.24, 2.45) is 0 Å². The Morgan fingerprint density at radius 2 is 2.33 bits per heavy atom. The Kier molecular flexibility index (Phi) is 3.42. The lowest BCUT2D eigenvalue weighted by molar-refractivity contribution is -0.383. The first-order chi connectivity index (χ1) is 8.58. The van der Waals surface area contributed by atoms with Gasteiger partial charge in [0.15, 0.2) is 0 Å². The summed E-state index contributed by atoms with van der Waals surface area (Å²) in [6.07, 6.45) is 0.753. The van der Waals surface area contributed by atoms with E-state index < -0.39 is 4.92 Å². The molecule has 1 unspecified atom stereocenters. The number of amides is 1. The zero-order valence-corrected chi connectivity index (χ0v) is 9.59. The van der Waals surface area contributed by atoms with E-state index in [1.54, 1.807) is 0 Å². The molecule has 7 nitrogen and oxygen atoms in total. The van der Waals surface area contributed by atoms with Crippen LogP contribution in [0.1, 0.15) is 16.8 Å². The van der Waals surface area contributed by atoms with Crippen LogP contribution in [0.25, 0.3) is 0 Å². The van der Waals surface area contributed by atoms with Gasteiger partial charge in [-0.05, 0) is 18.6 Å². The Bertz CT molecular complexity index is 483. The van der Waals surface area contributed by atoms with Gasteiger partial charge in [0, 0.05) is 18.2 Å². The number of anilines is 1. The minimum Gasteiger partial charge on any atom is -0.393 e. The van der Waals surface area contributed by atoms with Crippen LogP contribution in [-0.4, -0.2) is 30.1 Å². The smallest absolute Gasteiger partial charge is 0.292 e. The predicted octanol–water partition coefficient (Wildman–Crippen LogP) is 0.696. The van der Waals surface area contributed by atoms with Gasteiger partial charge in [0.2, 0.25) is 0 Å². The second-order valence-corrected chi connectivity index (χ2v) is 4.06. The van der Waals surface area contributed by atoms with Crippen molar-refractivity contribution in [2.45, 2.75) is 12.5 Å². The molecule has 18 heavy (non-hydrogen) atoms. The highest BCUT2D eigenvalue weighted by molar-refractivity contribution is 5.95. The minimum atomic E-state index is -0.606. The number of carbonyl (C=O) groups is 1. The number of nitrogen functional groups attached to an aromatic ring is 1. The second kappa shape index (κ2) is 5.01. The summed E-state index contributed by atoms with van der Waals surface area (Å²) in [4.78, 5) is 22.0. The summed E-state index contributed by atoms with van der Waals surface area (Å²) in [5.74, 6) is -0.353. The van der Waals surface area contributed by atoms with E-state index in [4.69, 9.17) is 10.5 Å². The lowest BCUT2D eigenvalue weighted by atomic mass is 10.1. The summed E-state index contributed by atoms with van der Waals surface area (Å²) in [5, 5.41) is 13.5. The molecule has 0 bridgehead atoms. The molecule has 1 fully saturated rings. The Hall–Kier alpha value is -2.15. The Morgan fingerprint density at radius 1 is 1.56 bits per heavy atom. The molecule has 1 aromatic carbocycles. The average molecular weight is 251 g/mol. The predicted molar refractivity (Wildman–Crippen MR) is 64.2 cm³/mol. The molecule has 0 saturated carbocycles. The van der Waals surface area contributed by atoms with E-state index in [0.717, 1.165) is 6.42 Å². The molecule has 1 aromatic rings. The highest BCUT2D eigenvalue weighted by Crippen LogP contribution is 2.22. The van der Waals surface area contributed by atoms with Gasteiger partial charge in [0.25, 0.3) is 11.6 Å². The quantitative estimate of drug-likeness (QED) is 0.467. The molecule has 1 aliphatic rings. The fraction of sp³-hybridized carbons (Fsp3) is 0.364. The van der Waals surface area contributed by atoms with Gasteiger partial charge in [-0.25, -0.2) is 0 Å². The first-order valence-electron chi connectivity index (χ1n) is 5.50. The van der Waals surface area contributed by atoms with Crippen molar-refractivity contribution in [2.75, 3.05) is 18.9 Å². The highest BCUT2D eigenvalue weighted by Gasteiger charge is 2.20. The van der Waals surface area contributed by atoms with E-state index >= 15 is 0 Å². The lowest BCUT2D eigenvalue weighted by Crippen LogP contribution is -2.35. The summed E-state index contributed by atoms with van der Waals surface area (Å²) < 4.78 is 5.13. The molecular formula is C11H13N3O4. The van der Waals surface area contributed by atoms with Crippen LogP contribution in [0.4, 0.5) is 11.4 Å². The van der Waals surface area contributed by atoms with E-state index in [0.29, 0.717) is 13.2 Å². The second-order valence-electron chi connectivity index (χ2n) is 4.06. The maximum atomic E-state index is 11.9. The highest BCUT2D eigenvalue weighted by atomic mass is 16.6. The Morgan fingerprint density at radius 3 is 2.94 bits per heavy atom. The largest absolute Gasteiger partial charge is 0.393 e. The molecule has 0 radical (unpaired) electrons. The van der Waals surface area contributed by atoms with Crippen LogP contribution in [0.2, 0.25) is 0 Å².